The van der Waals surface area contributed by atoms with Crippen LogP contribution in [-0.4, -0.2) is 24.6 Å². The van der Waals surface area contributed by atoms with E-state index >= 15 is 0 Å². The molecule has 5 rings (SSSR count). The fourth-order valence-electron chi connectivity index (χ4n) is 5.51. The largest absolute Gasteiger partial charge is 0.489 e. The molecule has 1 aliphatic heterocycles. The molecule has 2 atom stereocenters. The van der Waals surface area contributed by atoms with E-state index in [4.69, 9.17) is 21.1 Å². The molecule has 1 heterocycles. The zero-order chi connectivity index (χ0) is 26.9. The van der Waals surface area contributed by atoms with Crippen LogP contribution in [0.2, 0.25) is 5.02 Å². The molecule has 206 valence electrons. The third kappa shape index (κ3) is 8.31. The Morgan fingerprint density at radius 3 is 2.18 bits per heavy atom. The van der Waals surface area contributed by atoms with Gasteiger partial charge in [-0.3, -0.25) is 4.79 Å². The molecule has 0 unspecified atom stereocenters. The monoisotopic (exact) mass is 546 g/mol. The van der Waals surface area contributed by atoms with Gasteiger partial charge < -0.3 is 20.1 Å². The number of carbonyl (C=O) groups excluding carboxylic acids is 1. The lowest BCUT2D eigenvalue weighted by molar-refractivity contribution is -0.123. The third-order valence-electron chi connectivity index (χ3n) is 7.91. The van der Waals surface area contributed by atoms with Gasteiger partial charge in [0, 0.05) is 18.1 Å². The summed E-state index contributed by atoms with van der Waals surface area (Å²) >= 11 is 5.92. The van der Waals surface area contributed by atoms with Gasteiger partial charge in [0.15, 0.2) is 0 Å². The number of carbonyl (C=O) groups is 1. The van der Waals surface area contributed by atoms with Gasteiger partial charge in [-0.2, -0.15) is 0 Å². The molecule has 5 nitrogen and oxygen atoms in total. The van der Waals surface area contributed by atoms with Crippen molar-refractivity contribution in [2.75, 3.05) is 6.54 Å². The fourth-order valence-corrected chi connectivity index (χ4v) is 5.63. The lowest BCUT2D eigenvalue weighted by Crippen LogP contribution is -2.39. The van der Waals surface area contributed by atoms with Crippen molar-refractivity contribution in [3.63, 3.8) is 0 Å². The highest BCUT2D eigenvalue weighted by Crippen LogP contribution is 2.31. The van der Waals surface area contributed by atoms with Crippen molar-refractivity contribution in [3.05, 3.63) is 100 Å². The Morgan fingerprint density at radius 2 is 1.46 bits per heavy atom. The van der Waals surface area contributed by atoms with Crippen LogP contribution in [0.5, 0.6) is 5.75 Å². The Morgan fingerprint density at radius 1 is 0.821 bits per heavy atom. The predicted molar refractivity (Wildman–Crippen MR) is 156 cm³/mol. The predicted octanol–water partition coefficient (Wildman–Crippen LogP) is 6.92. The molecule has 2 fully saturated rings. The molecule has 1 aliphatic carbocycles. The Labute approximate surface area is 237 Å². The number of benzene rings is 3. The summed E-state index contributed by atoms with van der Waals surface area (Å²) in [6, 6.07) is 24.4. The van der Waals surface area contributed by atoms with Gasteiger partial charge in [0.2, 0.25) is 5.91 Å². The van der Waals surface area contributed by atoms with Gasteiger partial charge in [0.1, 0.15) is 12.4 Å². The summed E-state index contributed by atoms with van der Waals surface area (Å²) in [5.74, 6) is 1.57. The average molecular weight is 547 g/mol. The number of ether oxygens (including phenoxy) is 2. The molecule has 0 spiro atoms. The minimum atomic E-state index is -0.237. The van der Waals surface area contributed by atoms with Crippen molar-refractivity contribution < 1.29 is 14.3 Å². The molecular weight excluding hydrogens is 508 g/mol. The SMILES string of the molecule is O=C(NCc1ccc(Cl)cc1)[C@@H]1C[C@@H](OCc2ccc(OCc3ccc(C4CCCCCC4)cc3)cc2)CN1. The topological polar surface area (TPSA) is 59.6 Å². The highest BCUT2D eigenvalue weighted by atomic mass is 35.5. The van der Waals surface area contributed by atoms with E-state index in [0.29, 0.717) is 37.7 Å². The molecule has 2 N–H and O–H groups in total. The number of hydrogen-bond donors (Lipinski definition) is 2. The van der Waals surface area contributed by atoms with Crippen LogP contribution in [0.1, 0.15) is 73.1 Å². The van der Waals surface area contributed by atoms with Gasteiger partial charge in [-0.1, -0.05) is 85.8 Å². The normalized spacial score (nSPS) is 19.9. The molecule has 1 amide bonds. The lowest BCUT2D eigenvalue weighted by Gasteiger charge is -2.15. The van der Waals surface area contributed by atoms with Gasteiger partial charge in [0.25, 0.3) is 0 Å². The van der Waals surface area contributed by atoms with Gasteiger partial charge in [0.05, 0.1) is 18.8 Å². The van der Waals surface area contributed by atoms with Gasteiger partial charge in [-0.05, 0) is 71.7 Å². The quantitative estimate of drug-likeness (QED) is 0.271. The maximum atomic E-state index is 12.5. The van der Waals surface area contributed by atoms with Crippen LogP contribution in [0.3, 0.4) is 0 Å². The Kier molecular flexibility index (Phi) is 9.92. The first-order valence-electron chi connectivity index (χ1n) is 14.3. The second-order valence-electron chi connectivity index (χ2n) is 10.8. The summed E-state index contributed by atoms with van der Waals surface area (Å²) in [5.41, 5.74) is 4.78. The molecule has 6 heteroatoms. The number of halogens is 1. The Bertz CT molecular complexity index is 1170. The third-order valence-corrected chi connectivity index (χ3v) is 8.16. The molecule has 3 aromatic rings. The second-order valence-corrected chi connectivity index (χ2v) is 11.3. The van der Waals surface area contributed by atoms with Crippen molar-refractivity contribution in [2.45, 2.75) is 82.8 Å². The molecule has 0 radical (unpaired) electrons. The van der Waals surface area contributed by atoms with Crippen LogP contribution in [0.4, 0.5) is 0 Å². The molecule has 3 aromatic carbocycles. The smallest absolute Gasteiger partial charge is 0.237 e. The van der Waals surface area contributed by atoms with Crippen molar-refractivity contribution in [1.29, 1.82) is 0 Å². The summed E-state index contributed by atoms with van der Waals surface area (Å²) in [4.78, 5) is 12.5. The van der Waals surface area contributed by atoms with Crippen molar-refractivity contribution in [1.82, 2.24) is 10.6 Å². The van der Waals surface area contributed by atoms with Crippen molar-refractivity contribution in [2.24, 2.45) is 0 Å². The van der Waals surface area contributed by atoms with E-state index in [0.717, 1.165) is 22.8 Å². The van der Waals surface area contributed by atoms with Crippen LogP contribution in [0, 0.1) is 0 Å². The lowest BCUT2D eigenvalue weighted by atomic mass is 9.91. The minimum absolute atomic E-state index is 0.00312. The first kappa shape index (κ1) is 27.7. The molecule has 1 saturated heterocycles. The van der Waals surface area contributed by atoms with Crippen LogP contribution in [0.15, 0.2) is 72.8 Å². The van der Waals surface area contributed by atoms with E-state index in [2.05, 4.69) is 34.9 Å². The van der Waals surface area contributed by atoms with Gasteiger partial charge in [-0.15, -0.1) is 0 Å². The molecule has 39 heavy (non-hydrogen) atoms. The summed E-state index contributed by atoms with van der Waals surface area (Å²) in [7, 11) is 0. The molecule has 1 saturated carbocycles. The van der Waals surface area contributed by atoms with E-state index in [-0.39, 0.29) is 18.1 Å². The van der Waals surface area contributed by atoms with Crippen LogP contribution >= 0.6 is 11.6 Å². The Hall–Kier alpha value is -2.86. The number of amides is 1. The van der Waals surface area contributed by atoms with E-state index in [1.165, 1.54) is 49.7 Å². The number of hydrogen-bond acceptors (Lipinski definition) is 4. The minimum Gasteiger partial charge on any atom is -0.489 e. The van der Waals surface area contributed by atoms with Crippen LogP contribution in [0.25, 0.3) is 0 Å². The number of rotatable bonds is 10. The van der Waals surface area contributed by atoms with E-state index in [1.807, 2.05) is 48.5 Å². The summed E-state index contributed by atoms with van der Waals surface area (Å²) in [6.45, 7) is 2.23. The molecule has 0 aromatic heterocycles. The van der Waals surface area contributed by atoms with Crippen molar-refractivity contribution >= 4 is 17.5 Å². The maximum Gasteiger partial charge on any atom is 0.237 e. The van der Waals surface area contributed by atoms with Crippen LogP contribution < -0.4 is 15.4 Å². The molecule has 2 aliphatic rings. The molecule has 0 bridgehead atoms. The zero-order valence-corrected chi connectivity index (χ0v) is 23.3. The standard InChI is InChI=1S/C33H39ClN2O3/c34-29-15-9-24(10-16-29)20-36-33(37)32-19-31(21-35-32)39-23-26-11-17-30(18-12-26)38-22-25-7-13-28(14-8-25)27-5-3-1-2-4-6-27/h7-18,27,31-32,35H,1-6,19-23H2,(H,36,37)/t31-,32+/m1/s1. The number of nitrogens with one attached hydrogen (secondary N) is 2. The van der Waals surface area contributed by atoms with Crippen molar-refractivity contribution in [3.8, 4) is 5.75 Å². The highest BCUT2D eigenvalue weighted by molar-refractivity contribution is 6.30. The van der Waals surface area contributed by atoms with Crippen LogP contribution in [-0.2, 0) is 29.3 Å². The van der Waals surface area contributed by atoms with E-state index in [9.17, 15) is 4.79 Å². The highest BCUT2D eigenvalue weighted by Gasteiger charge is 2.29. The molecular formula is C33H39ClN2O3. The second kappa shape index (κ2) is 14.0. The van der Waals surface area contributed by atoms with Gasteiger partial charge in [-0.25, -0.2) is 0 Å². The summed E-state index contributed by atoms with van der Waals surface area (Å²) in [5, 5.41) is 6.96. The van der Waals surface area contributed by atoms with E-state index < -0.39 is 0 Å². The zero-order valence-electron chi connectivity index (χ0n) is 22.5. The summed E-state index contributed by atoms with van der Waals surface area (Å²) in [6.07, 6.45) is 8.80. The van der Waals surface area contributed by atoms with Gasteiger partial charge >= 0.3 is 0 Å². The first-order valence-corrected chi connectivity index (χ1v) is 14.7. The van der Waals surface area contributed by atoms with E-state index in [1.54, 1.807) is 0 Å². The fraction of sp³-hybridized carbons (Fsp3) is 0.424. The maximum absolute atomic E-state index is 12.5. The Balaban J connectivity index is 1.01. The average Bonchev–Trinajstić information content (AvgIpc) is 3.29. The summed E-state index contributed by atoms with van der Waals surface area (Å²) < 4.78 is 12.1. The first-order chi connectivity index (χ1) is 19.1.